The van der Waals surface area contributed by atoms with Crippen molar-refractivity contribution in [2.45, 2.75) is 32.4 Å². The fourth-order valence-corrected chi connectivity index (χ4v) is 2.60. The van der Waals surface area contributed by atoms with Crippen molar-refractivity contribution in [3.05, 3.63) is 48.0 Å². The zero-order chi connectivity index (χ0) is 14.7. The first-order valence-corrected chi connectivity index (χ1v) is 7.23. The Kier molecular flexibility index (Phi) is 3.90. The minimum absolute atomic E-state index is 0.0244. The smallest absolute Gasteiger partial charge is 0.220 e. The van der Waals surface area contributed by atoms with Gasteiger partial charge in [0.15, 0.2) is 0 Å². The summed E-state index contributed by atoms with van der Waals surface area (Å²) in [6, 6.07) is 7.82. The van der Waals surface area contributed by atoms with Gasteiger partial charge in [-0.2, -0.15) is 0 Å². The first kappa shape index (κ1) is 13.7. The number of fused-ring (bicyclic) bond motifs is 1. The molecule has 1 unspecified atom stereocenters. The summed E-state index contributed by atoms with van der Waals surface area (Å²) in [5.74, 6) is 1.92. The van der Waals surface area contributed by atoms with Crippen molar-refractivity contribution in [1.29, 1.82) is 0 Å². The lowest BCUT2D eigenvalue weighted by molar-refractivity contribution is -0.122. The molecule has 1 atom stereocenters. The highest BCUT2D eigenvalue weighted by Crippen LogP contribution is 2.31. The number of carbonyl (C=O) groups excluding carboxylic acids is 1. The van der Waals surface area contributed by atoms with Crippen LogP contribution in [0.25, 0.3) is 0 Å². The highest BCUT2D eigenvalue weighted by atomic mass is 16.5. The molecule has 2 heterocycles. The maximum atomic E-state index is 12.0. The number of benzene rings is 1. The van der Waals surface area contributed by atoms with E-state index in [4.69, 9.17) is 4.74 Å². The molecule has 1 aliphatic rings. The molecule has 1 aliphatic heterocycles. The molecule has 0 spiro atoms. The molecule has 0 saturated carbocycles. The maximum Gasteiger partial charge on any atom is 0.220 e. The van der Waals surface area contributed by atoms with E-state index in [0.29, 0.717) is 13.0 Å². The van der Waals surface area contributed by atoms with Gasteiger partial charge in [0.2, 0.25) is 5.91 Å². The van der Waals surface area contributed by atoms with Crippen LogP contribution in [0.4, 0.5) is 0 Å². The number of nitrogens with zero attached hydrogens (tertiary/aromatic N) is 2. The van der Waals surface area contributed by atoms with Gasteiger partial charge in [-0.05, 0) is 19.4 Å². The van der Waals surface area contributed by atoms with Gasteiger partial charge in [-0.3, -0.25) is 4.79 Å². The number of imidazole rings is 1. The topological polar surface area (TPSA) is 56.2 Å². The molecule has 1 aromatic heterocycles. The van der Waals surface area contributed by atoms with E-state index >= 15 is 0 Å². The molecule has 3 rings (SSSR count). The SMILES string of the molecule is Cc1nccn1CCCC(=O)NC1COc2ccccc21. The maximum absolute atomic E-state index is 12.0. The third-order valence-electron chi connectivity index (χ3n) is 3.76. The molecule has 0 saturated heterocycles. The average molecular weight is 285 g/mol. The van der Waals surface area contributed by atoms with E-state index in [9.17, 15) is 4.79 Å². The van der Waals surface area contributed by atoms with Crippen molar-refractivity contribution in [3.63, 3.8) is 0 Å². The molecule has 5 nitrogen and oxygen atoms in total. The predicted octanol–water partition coefficient (Wildman–Crippen LogP) is 2.22. The standard InChI is InChI=1S/C16H19N3O2/c1-12-17-8-10-19(12)9-4-7-16(20)18-14-11-21-15-6-3-2-5-13(14)15/h2-3,5-6,8,10,14H,4,7,9,11H2,1H3,(H,18,20). The lowest BCUT2D eigenvalue weighted by Crippen LogP contribution is -2.29. The van der Waals surface area contributed by atoms with E-state index in [-0.39, 0.29) is 11.9 Å². The van der Waals surface area contributed by atoms with Crippen LogP contribution < -0.4 is 10.1 Å². The Hall–Kier alpha value is -2.30. The summed E-state index contributed by atoms with van der Waals surface area (Å²) in [6.07, 6.45) is 5.03. The monoisotopic (exact) mass is 285 g/mol. The van der Waals surface area contributed by atoms with Crippen molar-refractivity contribution in [2.75, 3.05) is 6.61 Å². The second-order valence-electron chi connectivity index (χ2n) is 5.24. The van der Waals surface area contributed by atoms with E-state index < -0.39 is 0 Å². The molecule has 110 valence electrons. The summed E-state index contributed by atoms with van der Waals surface area (Å²) in [5.41, 5.74) is 1.07. The van der Waals surface area contributed by atoms with Crippen molar-refractivity contribution >= 4 is 5.91 Å². The van der Waals surface area contributed by atoms with Gasteiger partial charge in [0.1, 0.15) is 18.2 Å². The van der Waals surface area contributed by atoms with Crippen LogP contribution in [0.5, 0.6) is 5.75 Å². The van der Waals surface area contributed by atoms with Crippen molar-refractivity contribution in [3.8, 4) is 5.75 Å². The van der Waals surface area contributed by atoms with Crippen LogP contribution in [0.2, 0.25) is 0 Å². The lowest BCUT2D eigenvalue weighted by Gasteiger charge is -2.12. The molecule has 0 fully saturated rings. The van der Waals surface area contributed by atoms with Crippen molar-refractivity contribution < 1.29 is 9.53 Å². The fourth-order valence-electron chi connectivity index (χ4n) is 2.60. The summed E-state index contributed by atoms with van der Waals surface area (Å²) in [6.45, 7) is 3.30. The van der Waals surface area contributed by atoms with Crippen molar-refractivity contribution in [2.24, 2.45) is 0 Å². The Balaban J connectivity index is 1.48. The number of para-hydroxylation sites is 1. The van der Waals surface area contributed by atoms with E-state index in [1.807, 2.05) is 37.4 Å². The van der Waals surface area contributed by atoms with E-state index in [2.05, 4.69) is 14.9 Å². The number of hydrogen-bond donors (Lipinski definition) is 1. The quantitative estimate of drug-likeness (QED) is 0.916. The number of aryl methyl sites for hydroxylation is 2. The molecular formula is C16H19N3O2. The van der Waals surface area contributed by atoms with Gasteiger partial charge in [0, 0.05) is 30.9 Å². The van der Waals surface area contributed by atoms with Crippen molar-refractivity contribution in [1.82, 2.24) is 14.9 Å². The first-order valence-electron chi connectivity index (χ1n) is 7.23. The molecule has 1 amide bonds. The number of carbonyl (C=O) groups is 1. The van der Waals surface area contributed by atoms with Crippen LogP contribution in [-0.2, 0) is 11.3 Å². The highest BCUT2D eigenvalue weighted by Gasteiger charge is 2.24. The average Bonchev–Trinajstić information content (AvgIpc) is 3.07. The zero-order valence-electron chi connectivity index (χ0n) is 12.1. The third-order valence-corrected chi connectivity index (χ3v) is 3.76. The Bertz CT molecular complexity index is 636. The van der Waals surface area contributed by atoms with E-state index in [1.165, 1.54) is 0 Å². The normalized spacial score (nSPS) is 16.3. The Morgan fingerprint density at radius 1 is 1.48 bits per heavy atom. The third kappa shape index (κ3) is 3.07. The molecule has 1 aromatic carbocycles. The molecule has 2 aromatic rings. The number of aromatic nitrogens is 2. The van der Waals surface area contributed by atoms with Crippen LogP contribution >= 0.6 is 0 Å². The van der Waals surface area contributed by atoms with Gasteiger partial charge in [-0.1, -0.05) is 18.2 Å². The van der Waals surface area contributed by atoms with Gasteiger partial charge >= 0.3 is 0 Å². The lowest BCUT2D eigenvalue weighted by atomic mass is 10.1. The summed E-state index contributed by atoms with van der Waals surface area (Å²) < 4.78 is 7.62. The number of nitrogens with one attached hydrogen (secondary N) is 1. The number of hydrogen-bond acceptors (Lipinski definition) is 3. The molecule has 0 aliphatic carbocycles. The second-order valence-corrected chi connectivity index (χ2v) is 5.24. The number of amides is 1. The second kappa shape index (κ2) is 5.99. The van der Waals surface area contributed by atoms with E-state index in [0.717, 1.165) is 30.1 Å². The molecule has 0 bridgehead atoms. The minimum Gasteiger partial charge on any atom is -0.491 e. The van der Waals surface area contributed by atoms with Crippen LogP contribution in [0.15, 0.2) is 36.7 Å². The van der Waals surface area contributed by atoms with Crippen LogP contribution in [0.1, 0.15) is 30.3 Å². The van der Waals surface area contributed by atoms with Gasteiger partial charge in [-0.25, -0.2) is 4.98 Å². The van der Waals surface area contributed by atoms with Gasteiger partial charge < -0.3 is 14.6 Å². The number of rotatable bonds is 5. The Labute approximate surface area is 124 Å². The Morgan fingerprint density at radius 2 is 2.33 bits per heavy atom. The molecule has 5 heteroatoms. The van der Waals surface area contributed by atoms with Gasteiger partial charge in [0.25, 0.3) is 0 Å². The summed E-state index contributed by atoms with van der Waals surface area (Å²) in [7, 11) is 0. The predicted molar refractivity (Wildman–Crippen MR) is 79.0 cm³/mol. The number of ether oxygens (including phenoxy) is 1. The molecule has 21 heavy (non-hydrogen) atoms. The molecule has 0 radical (unpaired) electrons. The Morgan fingerprint density at radius 3 is 3.14 bits per heavy atom. The van der Waals surface area contributed by atoms with Crippen LogP contribution in [0.3, 0.4) is 0 Å². The summed E-state index contributed by atoms with van der Waals surface area (Å²) >= 11 is 0. The van der Waals surface area contributed by atoms with Gasteiger partial charge in [0.05, 0.1) is 6.04 Å². The van der Waals surface area contributed by atoms with E-state index in [1.54, 1.807) is 6.20 Å². The molecular weight excluding hydrogens is 266 g/mol. The van der Waals surface area contributed by atoms with Gasteiger partial charge in [-0.15, -0.1) is 0 Å². The van der Waals surface area contributed by atoms with Crippen LogP contribution in [0, 0.1) is 6.92 Å². The largest absolute Gasteiger partial charge is 0.491 e. The minimum atomic E-state index is -0.0244. The summed E-state index contributed by atoms with van der Waals surface area (Å²) in [5, 5.41) is 3.04. The van der Waals surface area contributed by atoms with Crippen LogP contribution in [-0.4, -0.2) is 22.1 Å². The molecule has 1 N–H and O–H groups in total. The summed E-state index contributed by atoms with van der Waals surface area (Å²) in [4.78, 5) is 16.2. The fraction of sp³-hybridized carbons (Fsp3) is 0.375. The highest BCUT2D eigenvalue weighted by molar-refractivity contribution is 5.76. The zero-order valence-corrected chi connectivity index (χ0v) is 12.1. The first-order chi connectivity index (χ1) is 10.2.